The SMILES string of the molecule is CNC(=O)CNC(=O)CN1CCN(c2ccc(C(C)=O)cc2)CC1. The van der Waals surface area contributed by atoms with E-state index < -0.39 is 0 Å². The van der Waals surface area contributed by atoms with Crippen molar-refractivity contribution in [2.45, 2.75) is 6.92 Å². The van der Waals surface area contributed by atoms with Gasteiger partial charge in [-0.1, -0.05) is 0 Å². The fourth-order valence-electron chi connectivity index (χ4n) is 2.60. The summed E-state index contributed by atoms with van der Waals surface area (Å²) in [5.74, 6) is -0.283. The van der Waals surface area contributed by atoms with Gasteiger partial charge in [-0.25, -0.2) is 0 Å². The highest BCUT2D eigenvalue weighted by Gasteiger charge is 2.19. The summed E-state index contributed by atoms with van der Waals surface area (Å²) in [6.07, 6.45) is 0. The summed E-state index contributed by atoms with van der Waals surface area (Å²) in [4.78, 5) is 38.5. The molecule has 1 aromatic rings. The zero-order valence-corrected chi connectivity index (χ0v) is 14.2. The van der Waals surface area contributed by atoms with Crippen molar-refractivity contribution in [2.75, 3.05) is 51.2 Å². The second-order valence-corrected chi connectivity index (χ2v) is 5.82. The lowest BCUT2D eigenvalue weighted by Crippen LogP contribution is -2.50. The molecule has 7 nitrogen and oxygen atoms in total. The van der Waals surface area contributed by atoms with Gasteiger partial charge in [0.15, 0.2) is 5.78 Å². The normalized spacial score (nSPS) is 15.0. The van der Waals surface area contributed by atoms with Gasteiger partial charge >= 0.3 is 0 Å². The molecule has 0 unspecified atom stereocenters. The fourth-order valence-corrected chi connectivity index (χ4v) is 2.60. The van der Waals surface area contributed by atoms with E-state index in [9.17, 15) is 14.4 Å². The molecule has 1 saturated heterocycles. The topological polar surface area (TPSA) is 81.8 Å². The van der Waals surface area contributed by atoms with E-state index in [1.165, 1.54) is 7.05 Å². The summed E-state index contributed by atoms with van der Waals surface area (Å²) in [7, 11) is 1.54. The van der Waals surface area contributed by atoms with Gasteiger partial charge in [0.05, 0.1) is 13.1 Å². The Kier molecular flexibility index (Phi) is 6.31. The van der Waals surface area contributed by atoms with Gasteiger partial charge in [0.2, 0.25) is 11.8 Å². The molecule has 1 aliphatic rings. The minimum atomic E-state index is -0.206. The van der Waals surface area contributed by atoms with Gasteiger partial charge in [-0.15, -0.1) is 0 Å². The third-order valence-electron chi connectivity index (χ3n) is 4.10. The number of anilines is 1. The van der Waals surface area contributed by atoms with Crippen molar-refractivity contribution in [3.8, 4) is 0 Å². The molecule has 0 aromatic heterocycles. The van der Waals surface area contributed by atoms with E-state index in [-0.39, 0.29) is 24.1 Å². The van der Waals surface area contributed by atoms with E-state index in [4.69, 9.17) is 0 Å². The molecule has 2 rings (SSSR count). The number of nitrogens with one attached hydrogen (secondary N) is 2. The lowest BCUT2D eigenvalue weighted by molar-refractivity contribution is -0.126. The molecule has 1 aromatic carbocycles. The van der Waals surface area contributed by atoms with Crippen molar-refractivity contribution in [2.24, 2.45) is 0 Å². The molecule has 1 heterocycles. The molecule has 1 aliphatic heterocycles. The van der Waals surface area contributed by atoms with Crippen LogP contribution in [-0.2, 0) is 9.59 Å². The summed E-state index contributed by atoms with van der Waals surface area (Å²) in [5.41, 5.74) is 1.80. The number of hydrogen-bond donors (Lipinski definition) is 2. The number of carbonyl (C=O) groups excluding carboxylic acids is 3. The summed E-state index contributed by atoms with van der Waals surface area (Å²) < 4.78 is 0. The number of benzene rings is 1. The highest BCUT2D eigenvalue weighted by molar-refractivity contribution is 5.94. The number of nitrogens with zero attached hydrogens (tertiary/aromatic N) is 2. The van der Waals surface area contributed by atoms with Crippen LogP contribution in [0.3, 0.4) is 0 Å². The van der Waals surface area contributed by atoms with E-state index in [1.54, 1.807) is 6.92 Å². The van der Waals surface area contributed by atoms with Crippen LogP contribution in [0.4, 0.5) is 5.69 Å². The number of amides is 2. The molecule has 0 bridgehead atoms. The second-order valence-electron chi connectivity index (χ2n) is 5.82. The molecule has 1 fully saturated rings. The van der Waals surface area contributed by atoms with Crippen LogP contribution in [0.5, 0.6) is 0 Å². The number of piperazine rings is 1. The van der Waals surface area contributed by atoms with Gasteiger partial charge in [-0.05, 0) is 31.2 Å². The average molecular weight is 332 g/mol. The molecule has 2 N–H and O–H groups in total. The van der Waals surface area contributed by atoms with Crippen LogP contribution in [-0.4, -0.2) is 68.8 Å². The maximum atomic E-state index is 11.8. The molecular formula is C17H24N4O3. The standard InChI is InChI=1S/C17H24N4O3/c1-13(22)14-3-5-15(6-4-14)21-9-7-20(8-10-21)12-17(24)19-11-16(23)18-2/h3-6H,7-12H2,1-2H3,(H,18,23)(H,19,24). The van der Waals surface area contributed by atoms with E-state index >= 15 is 0 Å². The average Bonchev–Trinajstić information content (AvgIpc) is 2.60. The van der Waals surface area contributed by atoms with Gasteiger partial charge in [0.1, 0.15) is 0 Å². The molecule has 0 aliphatic carbocycles. The third-order valence-corrected chi connectivity index (χ3v) is 4.10. The maximum Gasteiger partial charge on any atom is 0.239 e. The molecule has 0 atom stereocenters. The van der Waals surface area contributed by atoms with Crippen molar-refractivity contribution >= 4 is 23.3 Å². The second kappa shape index (κ2) is 8.44. The Bertz CT molecular complexity index is 592. The van der Waals surface area contributed by atoms with Gasteiger partial charge in [0.25, 0.3) is 0 Å². The molecule has 130 valence electrons. The summed E-state index contributed by atoms with van der Waals surface area (Å²) in [6, 6.07) is 7.61. The Morgan fingerprint density at radius 3 is 2.17 bits per heavy atom. The highest BCUT2D eigenvalue weighted by Crippen LogP contribution is 2.17. The highest BCUT2D eigenvalue weighted by atomic mass is 16.2. The first-order chi connectivity index (χ1) is 11.5. The van der Waals surface area contributed by atoms with Crippen LogP contribution in [0.1, 0.15) is 17.3 Å². The number of likely N-dealkylation sites (N-methyl/N-ethyl adjacent to an activating group) is 1. The minimum absolute atomic E-state index is 0.0117. The summed E-state index contributed by atoms with van der Waals surface area (Å²) in [6.45, 7) is 5.07. The van der Waals surface area contributed by atoms with Gasteiger partial charge in [0, 0.05) is 44.5 Å². The van der Waals surface area contributed by atoms with Crippen LogP contribution in [0.15, 0.2) is 24.3 Å². The van der Waals surface area contributed by atoms with Gasteiger partial charge in [-0.3, -0.25) is 19.3 Å². The van der Waals surface area contributed by atoms with Crippen LogP contribution in [0.25, 0.3) is 0 Å². The maximum absolute atomic E-state index is 11.8. The number of rotatable bonds is 6. The van der Waals surface area contributed by atoms with E-state index in [2.05, 4.69) is 20.4 Å². The number of Topliss-reactive ketones (excluding diaryl/α,β-unsaturated/α-hetero) is 1. The van der Waals surface area contributed by atoms with Crippen molar-refractivity contribution in [1.82, 2.24) is 15.5 Å². The fraction of sp³-hybridized carbons (Fsp3) is 0.471. The molecule has 2 amide bonds. The first kappa shape index (κ1) is 17.9. The lowest BCUT2D eigenvalue weighted by atomic mass is 10.1. The monoisotopic (exact) mass is 332 g/mol. The zero-order chi connectivity index (χ0) is 17.5. The predicted molar refractivity (Wildman–Crippen MR) is 92.2 cm³/mol. The van der Waals surface area contributed by atoms with Crippen molar-refractivity contribution < 1.29 is 14.4 Å². The molecule has 0 saturated carbocycles. The Labute approximate surface area is 142 Å². The van der Waals surface area contributed by atoms with Crippen LogP contribution < -0.4 is 15.5 Å². The Hall–Kier alpha value is -2.41. The van der Waals surface area contributed by atoms with Crippen molar-refractivity contribution in [3.05, 3.63) is 29.8 Å². The largest absolute Gasteiger partial charge is 0.369 e. The minimum Gasteiger partial charge on any atom is -0.369 e. The molecule has 24 heavy (non-hydrogen) atoms. The molecule has 0 spiro atoms. The smallest absolute Gasteiger partial charge is 0.239 e. The zero-order valence-electron chi connectivity index (χ0n) is 14.2. The Morgan fingerprint density at radius 1 is 1.00 bits per heavy atom. The molecular weight excluding hydrogens is 308 g/mol. The number of hydrogen-bond acceptors (Lipinski definition) is 5. The van der Waals surface area contributed by atoms with E-state index in [0.29, 0.717) is 12.1 Å². The Morgan fingerprint density at radius 2 is 1.62 bits per heavy atom. The first-order valence-corrected chi connectivity index (χ1v) is 8.05. The first-order valence-electron chi connectivity index (χ1n) is 8.05. The van der Waals surface area contributed by atoms with Crippen molar-refractivity contribution in [1.29, 1.82) is 0 Å². The van der Waals surface area contributed by atoms with Gasteiger partial charge in [-0.2, -0.15) is 0 Å². The quantitative estimate of drug-likeness (QED) is 0.710. The number of carbonyl (C=O) groups is 3. The molecule has 0 radical (unpaired) electrons. The lowest BCUT2D eigenvalue weighted by Gasteiger charge is -2.35. The van der Waals surface area contributed by atoms with E-state index in [0.717, 1.165) is 31.9 Å². The Balaban J connectivity index is 1.77. The van der Waals surface area contributed by atoms with Crippen LogP contribution in [0, 0.1) is 0 Å². The predicted octanol–water partition coefficient (Wildman–Crippen LogP) is -0.127. The third kappa shape index (κ3) is 5.06. The van der Waals surface area contributed by atoms with Gasteiger partial charge < -0.3 is 15.5 Å². The van der Waals surface area contributed by atoms with Crippen LogP contribution >= 0.6 is 0 Å². The molecule has 7 heteroatoms. The van der Waals surface area contributed by atoms with Crippen molar-refractivity contribution in [3.63, 3.8) is 0 Å². The summed E-state index contributed by atoms with van der Waals surface area (Å²) in [5, 5.41) is 5.07. The number of ketones is 1. The van der Waals surface area contributed by atoms with E-state index in [1.807, 2.05) is 24.3 Å². The van der Waals surface area contributed by atoms with Crippen LogP contribution in [0.2, 0.25) is 0 Å². The summed E-state index contributed by atoms with van der Waals surface area (Å²) >= 11 is 0.